The number of rotatable bonds is 7. The topological polar surface area (TPSA) is 80.6 Å². The second-order valence-corrected chi connectivity index (χ2v) is 8.82. The summed E-state index contributed by atoms with van der Waals surface area (Å²) < 4.78 is 10.5. The number of nitrogens with one attached hydrogen (secondary N) is 2. The lowest BCUT2D eigenvalue weighted by atomic mass is 9.86. The molecule has 0 aliphatic carbocycles. The predicted molar refractivity (Wildman–Crippen MR) is 129 cm³/mol. The highest BCUT2D eigenvalue weighted by Crippen LogP contribution is 2.24. The summed E-state index contributed by atoms with van der Waals surface area (Å²) in [4.78, 5) is 25.9. The number of hydrogen-bond donors (Lipinski definition) is 2. The lowest BCUT2D eigenvalue weighted by Gasteiger charge is -2.21. The fraction of sp³-hybridized carbons (Fsp3) is 0.259. The van der Waals surface area contributed by atoms with Gasteiger partial charge in [0.15, 0.2) is 0 Å². The number of ether oxygens (including phenoxy) is 1. The first-order valence-electron chi connectivity index (χ1n) is 10.8. The average Bonchev–Trinajstić information content (AvgIpc) is 3.31. The van der Waals surface area contributed by atoms with E-state index in [2.05, 4.69) is 43.5 Å². The van der Waals surface area contributed by atoms with Crippen molar-refractivity contribution in [2.24, 2.45) is 0 Å². The maximum atomic E-state index is 13.1. The van der Waals surface area contributed by atoms with Gasteiger partial charge < -0.3 is 19.8 Å². The summed E-state index contributed by atoms with van der Waals surface area (Å²) in [5.41, 5.74) is 2.73. The summed E-state index contributed by atoms with van der Waals surface area (Å²) in [7, 11) is 1.56. The fourth-order valence-electron chi connectivity index (χ4n) is 3.24. The molecule has 1 aromatic heterocycles. The number of hydrogen-bond acceptors (Lipinski definition) is 4. The first-order chi connectivity index (χ1) is 15.7. The zero-order valence-electron chi connectivity index (χ0n) is 19.6. The van der Waals surface area contributed by atoms with Crippen LogP contribution in [-0.4, -0.2) is 18.9 Å². The van der Waals surface area contributed by atoms with E-state index in [0.29, 0.717) is 17.1 Å². The van der Waals surface area contributed by atoms with Crippen LogP contribution < -0.4 is 15.4 Å². The highest BCUT2D eigenvalue weighted by molar-refractivity contribution is 6.05. The van der Waals surface area contributed by atoms with Crippen molar-refractivity contribution in [1.82, 2.24) is 10.6 Å². The van der Waals surface area contributed by atoms with Crippen LogP contribution in [0.2, 0.25) is 0 Å². The highest BCUT2D eigenvalue weighted by atomic mass is 16.5. The summed E-state index contributed by atoms with van der Waals surface area (Å²) in [5.74, 6) is 0.271. The molecule has 3 rings (SSSR count). The van der Waals surface area contributed by atoms with Crippen molar-refractivity contribution < 1.29 is 18.7 Å². The van der Waals surface area contributed by atoms with Gasteiger partial charge in [0.2, 0.25) is 0 Å². The number of carbonyl (C=O) groups excluding carboxylic acids is 2. The maximum Gasteiger partial charge on any atom is 0.268 e. The minimum absolute atomic E-state index is 0.0513. The van der Waals surface area contributed by atoms with Crippen LogP contribution in [0.4, 0.5) is 0 Å². The molecular formula is C27H30N2O4. The van der Waals surface area contributed by atoms with E-state index >= 15 is 0 Å². The van der Waals surface area contributed by atoms with Crippen LogP contribution in [0.5, 0.6) is 5.75 Å². The van der Waals surface area contributed by atoms with Crippen LogP contribution in [0.3, 0.4) is 0 Å². The van der Waals surface area contributed by atoms with Crippen LogP contribution >= 0.6 is 0 Å². The maximum absolute atomic E-state index is 13.1. The average molecular weight is 447 g/mol. The highest BCUT2D eigenvalue weighted by Gasteiger charge is 2.19. The molecule has 1 atom stereocenters. The summed E-state index contributed by atoms with van der Waals surface area (Å²) in [6, 6.07) is 18.0. The molecule has 2 amide bonds. The molecule has 1 heterocycles. The van der Waals surface area contributed by atoms with Crippen LogP contribution in [0, 0.1) is 0 Å². The standard InChI is InChI=1S/C27H30N2O4/c1-18(19-8-12-21(13-9-19)27(2,3)4)28-26(31)24(17-23-7-6-16-33-23)29-25(30)20-10-14-22(32-5)15-11-20/h6-18H,1-5H3,(H,28,31)(H,29,30)/b24-17-/t18-/m1/s1. The Labute approximate surface area is 194 Å². The van der Waals surface area contributed by atoms with E-state index in [-0.39, 0.29) is 17.2 Å². The Morgan fingerprint density at radius 2 is 1.67 bits per heavy atom. The zero-order valence-corrected chi connectivity index (χ0v) is 19.6. The smallest absolute Gasteiger partial charge is 0.268 e. The van der Waals surface area contributed by atoms with Crippen LogP contribution in [0.1, 0.15) is 61.0 Å². The Balaban J connectivity index is 1.77. The molecule has 0 aliphatic heterocycles. The summed E-state index contributed by atoms with van der Waals surface area (Å²) in [6.45, 7) is 8.37. The predicted octanol–water partition coefficient (Wildman–Crippen LogP) is 5.23. The quantitative estimate of drug-likeness (QED) is 0.487. The molecule has 2 aromatic carbocycles. The molecule has 2 N–H and O–H groups in total. The Morgan fingerprint density at radius 3 is 2.21 bits per heavy atom. The molecule has 33 heavy (non-hydrogen) atoms. The van der Waals surface area contributed by atoms with Gasteiger partial charge in [0.05, 0.1) is 19.4 Å². The van der Waals surface area contributed by atoms with Gasteiger partial charge in [-0.1, -0.05) is 45.0 Å². The van der Waals surface area contributed by atoms with E-state index in [1.165, 1.54) is 17.9 Å². The molecule has 0 bridgehead atoms. The fourth-order valence-corrected chi connectivity index (χ4v) is 3.24. The van der Waals surface area contributed by atoms with E-state index in [1.54, 1.807) is 43.5 Å². The van der Waals surface area contributed by atoms with Gasteiger partial charge in [-0.25, -0.2) is 0 Å². The van der Waals surface area contributed by atoms with Crippen LogP contribution in [-0.2, 0) is 10.2 Å². The van der Waals surface area contributed by atoms with Crippen molar-refractivity contribution in [3.05, 3.63) is 95.1 Å². The molecule has 0 spiro atoms. The van der Waals surface area contributed by atoms with E-state index in [1.807, 2.05) is 19.1 Å². The van der Waals surface area contributed by atoms with E-state index in [9.17, 15) is 9.59 Å². The van der Waals surface area contributed by atoms with Gasteiger partial charge in [-0.15, -0.1) is 0 Å². The monoisotopic (exact) mass is 446 g/mol. The third kappa shape index (κ3) is 6.35. The van der Waals surface area contributed by atoms with Gasteiger partial charge in [0, 0.05) is 11.6 Å². The lowest BCUT2D eigenvalue weighted by molar-refractivity contribution is -0.118. The van der Waals surface area contributed by atoms with Crippen molar-refractivity contribution in [3.8, 4) is 5.75 Å². The van der Waals surface area contributed by atoms with Gasteiger partial charge in [-0.3, -0.25) is 9.59 Å². The van der Waals surface area contributed by atoms with Crippen molar-refractivity contribution >= 4 is 17.9 Å². The SMILES string of the molecule is COc1ccc(C(=O)N/C(=C\c2ccco2)C(=O)N[C@H](C)c2ccc(C(C)(C)C)cc2)cc1. The van der Waals surface area contributed by atoms with Gasteiger partial charge in [-0.05, 0) is 59.9 Å². The van der Waals surface area contributed by atoms with E-state index in [4.69, 9.17) is 9.15 Å². The molecule has 0 unspecified atom stereocenters. The Hall–Kier alpha value is -3.80. The van der Waals surface area contributed by atoms with Crippen molar-refractivity contribution in [1.29, 1.82) is 0 Å². The Morgan fingerprint density at radius 1 is 1.00 bits per heavy atom. The Kier molecular flexibility index (Phi) is 7.38. The van der Waals surface area contributed by atoms with Crippen LogP contribution in [0.15, 0.2) is 77.0 Å². The Bertz CT molecular complexity index is 1110. The number of methoxy groups -OCH3 is 1. The van der Waals surface area contributed by atoms with Gasteiger partial charge in [0.25, 0.3) is 11.8 Å². The molecule has 0 fully saturated rings. The van der Waals surface area contributed by atoms with Crippen LogP contribution in [0.25, 0.3) is 6.08 Å². The normalized spacial score (nSPS) is 12.7. The first-order valence-corrected chi connectivity index (χ1v) is 10.8. The first kappa shape index (κ1) is 23.9. The molecule has 6 nitrogen and oxygen atoms in total. The van der Waals surface area contributed by atoms with Gasteiger partial charge in [0.1, 0.15) is 17.2 Å². The molecule has 0 saturated heterocycles. The summed E-state index contributed by atoms with van der Waals surface area (Å²) in [6.07, 6.45) is 3.01. The van der Waals surface area contributed by atoms with E-state index < -0.39 is 11.8 Å². The second kappa shape index (κ2) is 10.2. The number of carbonyl (C=O) groups is 2. The molecule has 0 radical (unpaired) electrons. The van der Waals surface area contributed by atoms with E-state index in [0.717, 1.165) is 5.56 Å². The minimum atomic E-state index is -0.416. The molecule has 3 aromatic rings. The van der Waals surface area contributed by atoms with Crippen molar-refractivity contribution in [3.63, 3.8) is 0 Å². The molecule has 0 aliphatic rings. The third-order valence-corrected chi connectivity index (χ3v) is 5.30. The molecule has 172 valence electrons. The number of furan rings is 1. The van der Waals surface area contributed by atoms with Crippen molar-refractivity contribution in [2.75, 3.05) is 7.11 Å². The second-order valence-electron chi connectivity index (χ2n) is 8.82. The third-order valence-electron chi connectivity index (χ3n) is 5.30. The minimum Gasteiger partial charge on any atom is -0.497 e. The zero-order chi connectivity index (χ0) is 24.0. The largest absolute Gasteiger partial charge is 0.497 e. The lowest BCUT2D eigenvalue weighted by Crippen LogP contribution is -2.36. The molecule has 0 saturated carbocycles. The van der Waals surface area contributed by atoms with Gasteiger partial charge in [-0.2, -0.15) is 0 Å². The van der Waals surface area contributed by atoms with Crippen molar-refractivity contribution in [2.45, 2.75) is 39.2 Å². The number of benzene rings is 2. The summed E-state index contributed by atoms with van der Waals surface area (Å²) in [5, 5.41) is 5.66. The summed E-state index contributed by atoms with van der Waals surface area (Å²) >= 11 is 0. The van der Waals surface area contributed by atoms with Gasteiger partial charge >= 0.3 is 0 Å². The molecule has 6 heteroatoms. The molecular weight excluding hydrogens is 416 g/mol. The number of amides is 2.